The molecule has 8 heteroatoms. The van der Waals surface area contributed by atoms with E-state index in [4.69, 9.17) is 15.2 Å². The second kappa shape index (κ2) is 11.1. The molecule has 4 rings (SSSR count). The minimum Gasteiger partial charge on any atom is -0.480 e. The molecule has 198 valence electrons. The summed E-state index contributed by atoms with van der Waals surface area (Å²) in [6.45, 7) is 5.33. The Kier molecular flexibility index (Phi) is 7.83. The normalized spacial score (nSPS) is 14.1. The number of alkyl carbamates (subject to hydrolysis) is 1. The lowest BCUT2D eigenvalue weighted by molar-refractivity contribution is -0.156. The Hall–Kier alpha value is -4.17. The maximum absolute atomic E-state index is 12.6. The SMILES string of the molecule is CC(C)(C)OC(=O)C(N)c1cccc(C[C@H](NC(=O)OCC2c3ccccc3-c3ccccc32)C(=O)O)c1. The average Bonchev–Trinajstić information content (AvgIpc) is 3.19. The van der Waals surface area contributed by atoms with Crippen molar-refractivity contribution in [3.63, 3.8) is 0 Å². The van der Waals surface area contributed by atoms with Crippen LogP contribution < -0.4 is 11.1 Å². The lowest BCUT2D eigenvalue weighted by Crippen LogP contribution is -2.43. The standard InChI is InChI=1S/C30H32N2O6/c1-30(2,3)38-28(35)26(31)19-10-8-9-18(15-19)16-25(27(33)34)32-29(36)37-17-24-22-13-6-4-11-20(22)21-12-5-7-14-23(21)24/h4-15,24-26H,16-17,31H2,1-3H3,(H,32,36)(H,33,34)/t25-,26?/m0/s1. The van der Waals surface area contributed by atoms with Crippen molar-refractivity contribution >= 4 is 18.0 Å². The number of benzene rings is 3. The number of carbonyl (C=O) groups excluding carboxylic acids is 2. The Labute approximate surface area is 221 Å². The molecule has 1 aliphatic carbocycles. The molecule has 4 N–H and O–H groups in total. The topological polar surface area (TPSA) is 128 Å². The van der Waals surface area contributed by atoms with Crippen LogP contribution in [0.3, 0.4) is 0 Å². The van der Waals surface area contributed by atoms with Crippen molar-refractivity contribution in [2.45, 2.75) is 50.8 Å². The van der Waals surface area contributed by atoms with Crippen LogP contribution in [0, 0.1) is 0 Å². The molecule has 2 atom stereocenters. The fraction of sp³-hybridized carbons (Fsp3) is 0.300. The Bertz CT molecular complexity index is 1300. The molecule has 3 aromatic rings. The van der Waals surface area contributed by atoms with Crippen molar-refractivity contribution in [2.24, 2.45) is 5.73 Å². The van der Waals surface area contributed by atoms with Crippen LogP contribution in [0.5, 0.6) is 0 Å². The second-order valence-corrected chi connectivity index (χ2v) is 10.3. The highest BCUT2D eigenvalue weighted by Crippen LogP contribution is 2.44. The zero-order valence-electron chi connectivity index (χ0n) is 21.6. The Balaban J connectivity index is 1.40. The van der Waals surface area contributed by atoms with Gasteiger partial charge in [0.1, 0.15) is 24.3 Å². The van der Waals surface area contributed by atoms with Crippen LogP contribution in [0.1, 0.15) is 55.0 Å². The van der Waals surface area contributed by atoms with E-state index in [0.29, 0.717) is 11.1 Å². The predicted octanol–water partition coefficient (Wildman–Crippen LogP) is 4.56. The van der Waals surface area contributed by atoms with E-state index in [9.17, 15) is 19.5 Å². The van der Waals surface area contributed by atoms with Crippen molar-refractivity contribution in [3.8, 4) is 11.1 Å². The maximum Gasteiger partial charge on any atom is 0.407 e. The fourth-order valence-electron chi connectivity index (χ4n) is 4.63. The third-order valence-corrected chi connectivity index (χ3v) is 6.34. The average molecular weight is 517 g/mol. The molecule has 0 fully saturated rings. The number of hydrogen-bond donors (Lipinski definition) is 3. The van der Waals surface area contributed by atoms with Crippen LogP contribution in [0.2, 0.25) is 0 Å². The summed E-state index contributed by atoms with van der Waals surface area (Å²) >= 11 is 0. The van der Waals surface area contributed by atoms with Gasteiger partial charge in [-0.25, -0.2) is 14.4 Å². The minimum absolute atomic E-state index is 0.0194. The van der Waals surface area contributed by atoms with E-state index < -0.39 is 35.7 Å². The van der Waals surface area contributed by atoms with Crippen LogP contribution in [-0.2, 0) is 25.5 Å². The van der Waals surface area contributed by atoms with Crippen LogP contribution in [0.4, 0.5) is 4.79 Å². The van der Waals surface area contributed by atoms with Crippen LogP contribution in [0.25, 0.3) is 11.1 Å². The van der Waals surface area contributed by atoms with E-state index in [0.717, 1.165) is 22.3 Å². The Morgan fingerprint density at radius 3 is 2.13 bits per heavy atom. The van der Waals surface area contributed by atoms with E-state index in [-0.39, 0.29) is 18.9 Å². The van der Waals surface area contributed by atoms with Gasteiger partial charge < -0.3 is 25.6 Å². The molecule has 0 aromatic heterocycles. The Morgan fingerprint density at radius 1 is 0.947 bits per heavy atom. The summed E-state index contributed by atoms with van der Waals surface area (Å²) in [7, 11) is 0. The highest BCUT2D eigenvalue weighted by molar-refractivity contribution is 5.81. The molecule has 3 aromatic carbocycles. The van der Waals surface area contributed by atoms with Gasteiger partial charge in [0.2, 0.25) is 0 Å². The van der Waals surface area contributed by atoms with Gasteiger partial charge >= 0.3 is 18.0 Å². The number of nitrogens with one attached hydrogen (secondary N) is 1. The summed E-state index contributed by atoms with van der Waals surface area (Å²) in [6.07, 6.45) is -0.838. The second-order valence-electron chi connectivity index (χ2n) is 10.3. The molecule has 1 amide bonds. The van der Waals surface area contributed by atoms with Crippen LogP contribution in [0.15, 0.2) is 72.8 Å². The third kappa shape index (κ3) is 6.20. The van der Waals surface area contributed by atoms with Crippen molar-refractivity contribution in [3.05, 3.63) is 95.1 Å². The molecule has 0 saturated heterocycles. The van der Waals surface area contributed by atoms with Crippen molar-refractivity contribution < 1.29 is 29.0 Å². The van der Waals surface area contributed by atoms with Crippen molar-refractivity contribution in [2.75, 3.05) is 6.61 Å². The van der Waals surface area contributed by atoms with E-state index in [2.05, 4.69) is 5.32 Å². The molecular weight excluding hydrogens is 484 g/mol. The molecule has 1 unspecified atom stereocenters. The van der Waals surface area contributed by atoms with Crippen molar-refractivity contribution in [1.82, 2.24) is 5.32 Å². The summed E-state index contributed by atoms with van der Waals surface area (Å²) in [5, 5.41) is 12.2. The van der Waals surface area contributed by atoms with Crippen LogP contribution in [-0.4, -0.2) is 41.4 Å². The first-order valence-electron chi connectivity index (χ1n) is 12.4. The zero-order chi connectivity index (χ0) is 27.4. The Morgan fingerprint density at radius 2 is 1.55 bits per heavy atom. The van der Waals surface area contributed by atoms with Gasteiger partial charge in [-0.05, 0) is 54.2 Å². The predicted molar refractivity (Wildman–Crippen MR) is 143 cm³/mol. The number of nitrogens with two attached hydrogens (primary N) is 1. The highest BCUT2D eigenvalue weighted by Gasteiger charge is 2.30. The first-order valence-corrected chi connectivity index (χ1v) is 12.4. The fourth-order valence-corrected chi connectivity index (χ4v) is 4.63. The monoisotopic (exact) mass is 516 g/mol. The van der Waals surface area contributed by atoms with Gasteiger partial charge in [-0.3, -0.25) is 0 Å². The first-order chi connectivity index (χ1) is 18.0. The number of carbonyl (C=O) groups is 3. The molecule has 0 spiro atoms. The van der Waals surface area contributed by atoms with E-state index in [1.165, 1.54) is 0 Å². The summed E-state index contributed by atoms with van der Waals surface area (Å²) in [4.78, 5) is 37.0. The van der Waals surface area contributed by atoms with Crippen molar-refractivity contribution in [1.29, 1.82) is 0 Å². The number of carboxylic acid groups (broad SMARTS) is 1. The van der Waals surface area contributed by atoms with Gasteiger partial charge in [0, 0.05) is 12.3 Å². The van der Waals surface area contributed by atoms with Gasteiger partial charge in [-0.15, -0.1) is 0 Å². The summed E-state index contributed by atoms with van der Waals surface area (Å²) < 4.78 is 10.9. The lowest BCUT2D eigenvalue weighted by atomic mass is 9.98. The molecule has 0 bridgehead atoms. The number of hydrogen-bond acceptors (Lipinski definition) is 6. The molecular formula is C30H32N2O6. The molecule has 1 aliphatic rings. The van der Waals surface area contributed by atoms with E-state index in [1.807, 2.05) is 48.5 Å². The number of ether oxygens (including phenoxy) is 2. The molecule has 0 saturated carbocycles. The number of amides is 1. The van der Waals surface area contributed by atoms with Gasteiger partial charge in [0.05, 0.1) is 0 Å². The minimum atomic E-state index is -1.24. The first kappa shape index (κ1) is 26.9. The molecule has 0 heterocycles. The molecule has 0 radical (unpaired) electrons. The number of esters is 1. The quantitative estimate of drug-likeness (QED) is 0.374. The zero-order valence-corrected chi connectivity index (χ0v) is 21.6. The number of aliphatic carboxylic acids is 1. The number of fused-ring (bicyclic) bond motifs is 3. The summed E-state index contributed by atoms with van der Waals surface area (Å²) in [5.41, 5.74) is 10.8. The van der Waals surface area contributed by atoms with Gasteiger partial charge in [0.25, 0.3) is 0 Å². The van der Waals surface area contributed by atoms with E-state index >= 15 is 0 Å². The van der Waals surface area contributed by atoms with E-state index in [1.54, 1.807) is 45.0 Å². The molecule has 38 heavy (non-hydrogen) atoms. The van der Waals surface area contributed by atoms with Gasteiger partial charge in [-0.2, -0.15) is 0 Å². The largest absolute Gasteiger partial charge is 0.480 e. The molecule has 8 nitrogen and oxygen atoms in total. The number of carboxylic acids is 1. The van der Waals surface area contributed by atoms with Crippen LogP contribution >= 0.6 is 0 Å². The summed E-state index contributed by atoms with van der Waals surface area (Å²) in [5.74, 6) is -1.93. The van der Waals surface area contributed by atoms with Gasteiger partial charge in [-0.1, -0.05) is 72.8 Å². The maximum atomic E-state index is 12.6. The molecule has 0 aliphatic heterocycles. The lowest BCUT2D eigenvalue weighted by Gasteiger charge is -2.22. The third-order valence-electron chi connectivity index (χ3n) is 6.34. The van der Waals surface area contributed by atoms with Gasteiger partial charge in [0.15, 0.2) is 0 Å². The number of rotatable bonds is 8. The summed E-state index contributed by atoms with van der Waals surface area (Å²) in [6, 6.07) is 20.4. The smallest absolute Gasteiger partial charge is 0.407 e. The highest BCUT2D eigenvalue weighted by atomic mass is 16.6.